The van der Waals surface area contributed by atoms with Crippen LogP contribution in [-0.4, -0.2) is 22.2 Å². The van der Waals surface area contributed by atoms with Crippen LogP contribution in [0.5, 0.6) is 0 Å². The molecule has 4 heteroatoms. The Balaban J connectivity index is 2.08. The van der Waals surface area contributed by atoms with Gasteiger partial charge in [0.05, 0.1) is 22.6 Å². The number of hydrogen-bond acceptors (Lipinski definition) is 2. The summed E-state index contributed by atoms with van der Waals surface area (Å²) < 4.78 is 1.97. The standard InChI is InChI=1S/C20H27N3O/c1-13(2)12-21-20(24)17-18(15-10-11-15)22-23(19(17)14(3)4)16-8-6-5-7-9-16/h5-9,13-15H,10-12H2,1-4H3,(H,21,24). The first kappa shape index (κ1) is 16.7. The summed E-state index contributed by atoms with van der Waals surface area (Å²) in [5, 5.41) is 7.96. The minimum atomic E-state index is 0.0245. The number of amides is 1. The van der Waals surface area contributed by atoms with Crippen LogP contribution in [0.3, 0.4) is 0 Å². The minimum Gasteiger partial charge on any atom is -0.352 e. The van der Waals surface area contributed by atoms with Crippen LogP contribution in [0.25, 0.3) is 5.69 Å². The lowest BCUT2D eigenvalue weighted by atomic mass is 10.0. The first-order valence-electron chi connectivity index (χ1n) is 8.95. The van der Waals surface area contributed by atoms with E-state index < -0.39 is 0 Å². The lowest BCUT2D eigenvalue weighted by molar-refractivity contribution is 0.0946. The van der Waals surface area contributed by atoms with Gasteiger partial charge in [0.1, 0.15) is 0 Å². The first-order chi connectivity index (χ1) is 11.5. The van der Waals surface area contributed by atoms with Gasteiger partial charge in [-0.2, -0.15) is 5.10 Å². The number of aromatic nitrogens is 2. The Morgan fingerprint density at radius 1 is 1.21 bits per heavy atom. The van der Waals surface area contributed by atoms with Crippen molar-refractivity contribution in [2.75, 3.05) is 6.54 Å². The SMILES string of the molecule is CC(C)CNC(=O)c1c(C2CC2)nn(-c2ccccc2)c1C(C)C. The summed E-state index contributed by atoms with van der Waals surface area (Å²) in [5.74, 6) is 1.12. The van der Waals surface area contributed by atoms with E-state index in [0.717, 1.165) is 35.5 Å². The summed E-state index contributed by atoms with van der Waals surface area (Å²) in [7, 11) is 0. The molecule has 0 aliphatic heterocycles. The molecule has 1 aliphatic carbocycles. The van der Waals surface area contributed by atoms with E-state index in [4.69, 9.17) is 5.10 Å². The monoisotopic (exact) mass is 325 g/mol. The predicted octanol–water partition coefficient (Wildman–Crippen LogP) is 4.26. The Hall–Kier alpha value is -2.10. The van der Waals surface area contributed by atoms with Crippen LogP contribution in [0, 0.1) is 5.92 Å². The van der Waals surface area contributed by atoms with Crippen LogP contribution in [0.2, 0.25) is 0 Å². The molecule has 1 saturated carbocycles. The zero-order valence-electron chi connectivity index (χ0n) is 15.0. The molecule has 0 unspecified atom stereocenters. The van der Waals surface area contributed by atoms with Crippen molar-refractivity contribution in [3.05, 3.63) is 47.3 Å². The summed E-state index contributed by atoms with van der Waals surface area (Å²) in [5.41, 5.74) is 3.82. The van der Waals surface area contributed by atoms with E-state index in [2.05, 4.69) is 33.0 Å². The maximum absolute atomic E-state index is 12.9. The molecule has 1 heterocycles. The highest BCUT2D eigenvalue weighted by Crippen LogP contribution is 2.43. The molecule has 1 amide bonds. The van der Waals surface area contributed by atoms with Crippen molar-refractivity contribution in [1.82, 2.24) is 15.1 Å². The number of para-hydroxylation sites is 1. The van der Waals surface area contributed by atoms with Gasteiger partial charge in [-0.1, -0.05) is 45.9 Å². The number of carbonyl (C=O) groups excluding carboxylic acids is 1. The molecule has 4 nitrogen and oxygen atoms in total. The fraction of sp³-hybridized carbons (Fsp3) is 0.500. The second-order valence-corrected chi connectivity index (χ2v) is 7.43. The van der Waals surface area contributed by atoms with E-state index in [1.54, 1.807) is 0 Å². The summed E-state index contributed by atoms with van der Waals surface area (Å²) >= 11 is 0. The molecule has 1 N–H and O–H groups in total. The number of nitrogens with one attached hydrogen (secondary N) is 1. The Morgan fingerprint density at radius 2 is 1.88 bits per heavy atom. The molecule has 128 valence electrons. The summed E-state index contributed by atoms with van der Waals surface area (Å²) in [6.07, 6.45) is 2.27. The third-order valence-corrected chi connectivity index (χ3v) is 4.36. The lowest BCUT2D eigenvalue weighted by Gasteiger charge is -2.14. The van der Waals surface area contributed by atoms with E-state index in [1.165, 1.54) is 0 Å². The summed E-state index contributed by atoms with van der Waals surface area (Å²) in [4.78, 5) is 12.9. The molecule has 24 heavy (non-hydrogen) atoms. The summed E-state index contributed by atoms with van der Waals surface area (Å²) in [6.45, 7) is 9.17. The van der Waals surface area contributed by atoms with Crippen molar-refractivity contribution in [3.8, 4) is 5.69 Å². The van der Waals surface area contributed by atoms with Crippen molar-refractivity contribution < 1.29 is 4.79 Å². The van der Waals surface area contributed by atoms with Crippen molar-refractivity contribution in [2.24, 2.45) is 5.92 Å². The average molecular weight is 325 g/mol. The van der Waals surface area contributed by atoms with E-state index in [0.29, 0.717) is 18.4 Å². The Labute approximate surface area is 144 Å². The number of rotatable bonds is 6. The van der Waals surface area contributed by atoms with Crippen LogP contribution in [0.15, 0.2) is 30.3 Å². The maximum Gasteiger partial charge on any atom is 0.255 e. The van der Waals surface area contributed by atoms with Gasteiger partial charge in [-0.25, -0.2) is 4.68 Å². The van der Waals surface area contributed by atoms with Gasteiger partial charge in [0, 0.05) is 12.5 Å². The van der Waals surface area contributed by atoms with Crippen LogP contribution >= 0.6 is 0 Å². The molecule has 0 spiro atoms. The van der Waals surface area contributed by atoms with Crippen molar-refractivity contribution >= 4 is 5.91 Å². The molecule has 1 aromatic heterocycles. The van der Waals surface area contributed by atoms with Gasteiger partial charge in [-0.05, 0) is 36.8 Å². The van der Waals surface area contributed by atoms with Gasteiger partial charge in [-0.15, -0.1) is 0 Å². The fourth-order valence-corrected chi connectivity index (χ4v) is 3.01. The third kappa shape index (κ3) is 3.37. The van der Waals surface area contributed by atoms with Crippen molar-refractivity contribution in [2.45, 2.75) is 52.4 Å². The van der Waals surface area contributed by atoms with Gasteiger partial charge in [-0.3, -0.25) is 4.79 Å². The second kappa shape index (κ2) is 6.80. The maximum atomic E-state index is 12.9. The van der Waals surface area contributed by atoms with E-state index >= 15 is 0 Å². The van der Waals surface area contributed by atoms with Crippen molar-refractivity contribution in [3.63, 3.8) is 0 Å². The smallest absolute Gasteiger partial charge is 0.255 e. The Bertz CT molecular complexity index is 712. The van der Waals surface area contributed by atoms with Gasteiger partial charge in [0.2, 0.25) is 0 Å². The largest absolute Gasteiger partial charge is 0.352 e. The van der Waals surface area contributed by atoms with E-state index in [-0.39, 0.29) is 11.8 Å². The van der Waals surface area contributed by atoms with Gasteiger partial charge in [0.25, 0.3) is 5.91 Å². The normalized spacial score (nSPS) is 14.4. The molecular weight excluding hydrogens is 298 g/mol. The van der Waals surface area contributed by atoms with Crippen LogP contribution in [0.4, 0.5) is 0 Å². The number of carbonyl (C=O) groups is 1. The molecule has 3 rings (SSSR count). The first-order valence-corrected chi connectivity index (χ1v) is 8.95. The molecule has 1 aliphatic rings. The quantitative estimate of drug-likeness (QED) is 0.862. The predicted molar refractivity (Wildman–Crippen MR) is 96.8 cm³/mol. The topological polar surface area (TPSA) is 46.9 Å². The Morgan fingerprint density at radius 3 is 2.42 bits per heavy atom. The molecule has 0 bridgehead atoms. The molecule has 1 fully saturated rings. The molecule has 1 aromatic carbocycles. The minimum absolute atomic E-state index is 0.0245. The highest BCUT2D eigenvalue weighted by atomic mass is 16.1. The zero-order chi connectivity index (χ0) is 17.3. The fourth-order valence-electron chi connectivity index (χ4n) is 3.01. The lowest BCUT2D eigenvalue weighted by Crippen LogP contribution is -2.29. The highest BCUT2D eigenvalue weighted by molar-refractivity contribution is 5.97. The van der Waals surface area contributed by atoms with Gasteiger partial charge < -0.3 is 5.32 Å². The van der Waals surface area contributed by atoms with Gasteiger partial charge in [0.15, 0.2) is 0 Å². The number of nitrogens with zero attached hydrogens (tertiary/aromatic N) is 2. The second-order valence-electron chi connectivity index (χ2n) is 7.43. The Kier molecular flexibility index (Phi) is 4.74. The molecule has 0 atom stereocenters. The van der Waals surface area contributed by atoms with Crippen LogP contribution in [-0.2, 0) is 0 Å². The summed E-state index contributed by atoms with van der Waals surface area (Å²) in [6, 6.07) is 10.1. The van der Waals surface area contributed by atoms with Crippen LogP contribution < -0.4 is 5.32 Å². The zero-order valence-corrected chi connectivity index (χ0v) is 15.0. The van der Waals surface area contributed by atoms with Gasteiger partial charge >= 0.3 is 0 Å². The highest BCUT2D eigenvalue weighted by Gasteiger charge is 2.35. The van der Waals surface area contributed by atoms with E-state index in [9.17, 15) is 4.79 Å². The van der Waals surface area contributed by atoms with Crippen molar-refractivity contribution in [1.29, 1.82) is 0 Å². The third-order valence-electron chi connectivity index (χ3n) is 4.36. The van der Waals surface area contributed by atoms with Crippen LogP contribution in [0.1, 0.15) is 74.1 Å². The average Bonchev–Trinajstić information content (AvgIpc) is 3.32. The van der Waals surface area contributed by atoms with E-state index in [1.807, 2.05) is 35.0 Å². The molecule has 0 radical (unpaired) electrons. The number of benzene rings is 1. The molecule has 0 saturated heterocycles. The number of hydrogen-bond donors (Lipinski definition) is 1. The molecular formula is C20H27N3O. The molecule has 2 aromatic rings.